The van der Waals surface area contributed by atoms with Crippen molar-refractivity contribution in [3.8, 4) is 0 Å². The fourth-order valence-corrected chi connectivity index (χ4v) is 5.96. The van der Waals surface area contributed by atoms with Crippen LogP contribution >= 0.6 is 0 Å². The monoisotopic (exact) mass is 488 g/mol. The van der Waals surface area contributed by atoms with Gasteiger partial charge in [0, 0.05) is 5.69 Å². The van der Waals surface area contributed by atoms with Gasteiger partial charge in [-0.15, -0.1) is 0 Å². The number of carbonyl (C=O) groups excluding carboxylic acids is 1. The number of hydrogen-bond acceptors (Lipinski definition) is 3. The molecule has 1 N–H and O–H groups in total. The van der Waals surface area contributed by atoms with Crippen LogP contribution in [-0.4, -0.2) is 6.09 Å². The van der Waals surface area contributed by atoms with E-state index in [2.05, 4.69) is 89.9 Å². The number of aryl methyl sites for hydroxylation is 2. The zero-order valence-corrected chi connectivity index (χ0v) is 21.1. The molecule has 0 radical (unpaired) electrons. The molecule has 0 saturated heterocycles. The number of amides is 1. The van der Waals surface area contributed by atoms with Gasteiger partial charge in [-0.1, -0.05) is 109 Å². The highest BCUT2D eigenvalue weighted by molar-refractivity contribution is 5.72. The van der Waals surface area contributed by atoms with Gasteiger partial charge < -0.3 is 15.0 Å². The van der Waals surface area contributed by atoms with Crippen molar-refractivity contribution in [3.05, 3.63) is 137 Å². The number of nitrogens with zero attached hydrogens (tertiary/aromatic N) is 1. The maximum absolute atomic E-state index is 13.0. The first-order valence-electron chi connectivity index (χ1n) is 13.2. The Morgan fingerprint density at radius 2 is 1.54 bits per heavy atom. The number of benzene rings is 4. The zero-order chi connectivity index (χ0) is 25.2. The van der Waals surface area contributed by atoms with Crippen molar-refractivity contribution < 1.29 is 9.53 Å². The second-order valence-electron chi connectivity index (χ2n) is 10.1. The number of anilines is 1. The Hall–Kier alpha value is -4.05. The number of alkyl carbamates (subject to hydrolysis) is 1. The van der Waals surface area contributed by atoms with Gasteiger partial charge in [-0.05, 0) is 54.0 Å². The maximum Gasteiger partial charge on any atom is 0.407 e. The first kappa shape index (κ1) is 23.4. The Morgan fingerprint density at radius 1 is 0.838 bits per heavy atom. The van der Waals surface area contributed by atoms with E-state index in [4.69, 9.17) is 4.74 Å². The van der Waals surface area contributed by atoms with Crippen LogP contribution in [0.5, 0.6) is 0 Å². The topological polar surface area (TPSA) is 41.6 Å². The van der Waals surface area contributed by atoms with E-state index < -0.39 is 0 Å². The fraction of sp³-hybridized carbons (Fsp3) is 0.242. The Kier molecular flexibility index (Phi) is 6.40. The summed E-state index contributed by atoms with van der Waals surface area (Å²) in [6.07, 6.45) is 2.49. The Morgan fingerprint density at radius 3 is 2.30 bits per heavy atom. The summed E-state index contributed by atoms with van der Waals surface area (Å²) >= 11 is 0. The Balaban J connectivity index is 1.36. The summed E-state index contributed by atoms with van der Waals surface area (Å²) in [5.41, 5.74) is 8.65. The van der Waals surface area contributed by atoms with Crippen molar-refractivity contribution in [1.82, 2.24) is 5.32 Å². The molecule has 6 rings (SSSR count). The van der Waals surface area contributed by atoms with Gasteiger partial charge in [-0.3, -0.25) is 0 Å². The quantitative estimate of drug-likeness (QED) is 0.314. The van der Waals surface area contributed by atoms with E-state index in [0.29, 0.717) is 0 Å². The van der Waals surface area contributed by atoms with Gasteiger partial charge in [-0.2, -0.15) is 0 Å². The number of ether oxygens (including phenoxy) is 1. The Bertz CT molecular complexity index is 1370. The molecule has 0 bridgehead atoms. The fourth-order valence-electron chi connectivity index (χ4n) is 5.96. The van der Waals surface area contributed by atoms with Crippen LogP contribution in [0.4, 0.5) is 10.5 Å². The standard InChI is InChI=1S/C33H32N2O2/c1-23-15-17-26(18-16-23)31-21-29(34-33(36)37-22-24-9-4-2-5-10-24)28-14-8-13-27-19-20-30(35(31)32(27)28)25-11-6-3-7-12-25/h2-18,29-31H,19-22H2,1H3,(H,34,36)/t29-,30-,31-/m0/s1. The van der Waals surface area contributed by atoms with Gasteiger partial charge in [0.15, 0.2) is 0 Å². The largest absolute Gasteiger partial charge is 0.445 e. The lowest BCUT2D eigenvalue weighted by Gasteiger charge is -2.50. The van der Waals surface area contributed by atoms with E-state index >= 15 is 0 Å². The number of rotatable bonds is 5. The minimum absolute atomic E-state index is 0.129. The lowest BCUT2D eigenvalue weighted by atomic mass is 9.79. The molecule has 0 spiro atoms. The van der Waals surface area contributed by atoms with Crippen LogP contribution in [-0.2, 0) is 17.8 Å². The van der Waals surface area contributed by atoms with Crippen molar-refractivity contribution >= 4 is 11.8 Å². The van der Waals surface area contributed by atoms with Gasteiger partial charge >= 0.3 is 6.09 Å². The van der Waals surface area contributed by atoms with E-state index in [1.807, 2.05) is 30.3 Å². The molecule has 0 unspecified atom stereocenters. The van der Waals surface area contributed by atoms with E-state index in [1.165, 1.54) is 33.5 Å². The predicted molar refractivity (Wildman–Crippen MR) is 147 cm³/mol. The molecular formula is C33H32N2O2. The molecular weight excluding hydrogens is 456 g/mol. The van der Waals surface area contributed by atoms with E-state index in [9.17, 15) is 4.79 Å². The molecule has 4 aromatic carbocycles. The predicted octanol–water partition coefficient (Wildman–Crippen LogP) is 7.60. The molecule has 0 saturated carbocycles. The summed E-state index contributed by atoms with van der Waals surface area (Å²) < 4.78 is 5.63. The molecule has 4 nitrogen and oxygen atoms in total. The smallest absolute Gasteiger partial charge is 0.407 e. The second-order valence-corrected chi connectivity index (χ2v) is 10.1. The highest BCUT2D eigenvalue weighted by Crippen LogP contribution is 2.52. The molecule has 4 heteroatoms. The van der Waals surface area contributed by atoms with Crippen LogP contribution in [0.15, 0.2) is 103 Å². The van der Waals surface area contributed by atoms with Crippen LogP contribution in [0.25, 0.3) is 0 Å². The molecule has 2 aliphatic rings. The molecule has 4 aromatic rings. The van der Waals surface area contributed by atoms with Crippen molar-refractivity contribution in [2.24, 2.45) is 0 Å². The molecule has 0 aromatic heterocycles. The van der Waals surface area contributed by atoms with Gasteiger partial charge in [0.05, 0.1) is 18.1 Å². The Labute approximate surface area is 218 Å². The van der Waals surface area contributed by atoms with E-state index in [-0.39, 0.29) is 30.8 Å². The summed E-state index contributed by atoms with van der Waals surface area (Å²) in [7, 11) is 0. The average Bonchev–Trinajstić information content (AvgIpc) is 2.95. The van der Waals surface area contributed by atoms with Crippen LogP contribution in [0.2, 0.25) is 0 Å². The van der Waals surface area contributed by atoms with Crippen LogP contribution in [0.3, 0.4) is 0 Å². The van der Waals surface area contributed by atoms with Crippen molar-refractivity contribution in [1.29, 1.82) is 0 Å². The molecule has 2 aliphatic heterocycles. The van der Waals surface area contributed by atoms with Crippen LogP contribution < -0.4 is 10.2 Å². The SMILES string of the molecule is Cc1ccc([C@@H]2C[C@H](NC(=O)OCc3ccccc3)c3cccc4c3N2[C@H](c2ccccc2)CC4)cc1. The lowest BCUT2D eigenvalue weighted by Crippen LogP contribution is -2.44. The first-order chi connectivity index (χ1) is 18.2. The molecule has 2 heterocycles. The maximum atomic E-state index is 13.0. The summed E-state index contributed by atoms with van der Waals surface area (Å²) in [6.45, 7) is 2.38. The number of nitrogens with one attached hydrogen (secondary N) is 1. The average molecular weight is 489 g/mol. The van der Waals surface area contributed by atoms with Gasteiger partial charge in [-0.25, -0.2) is 4.79 Å². The molecule has 0 aliphatic carbocycles. The molecule has 186 valence electrons. The van der Waals surface area contributed by atoms with E-state index in [1.54, 1.807) is 0 Å². The third kappa shape index (κ3) is 4.72. The van der Waals surface area contributed by atoms with Gasteiger partial charge in [0.1, 0.15) is 6.61 Å². The first-order valence-corrected chi connectivity index (χ1v) is 13.2. The lowest BCUT2D eigenvalue weighted by molar-refractivity contribution is 0.134. The second kappa shape index (κ2) is 10.1. The molecule has 0 fully saturated rings. The minimum atomic E-state index is -0.377. The third-order valence-corrected chi connectivity index (χ3v) is 7.75. The number of hydrogen-bond donors (Lipinski definition) is 1. The highest BCUT2D eigenvalue weighted by atomic mass is 16.5. The molecule has 3 atom stereocenters. The van der Waals surface area contributed by atoms with Crippen molar-refractivity contribution in [3.63, 3.8) is 0 Å². The number of para-hydroxylation sites is 1. The van der Waals surface area contributed by atoms with Crippen LogP contribution in [0, 0.1) is 6.92 Å². The van der Waals surface area contributed by atoms with Crippen LogP contribution in [0.1, 0.15) is 64.3 Å². The van der Waals surface area contributed by atoms with Crippen molar-refractivity contribution in [2.45, 2.75) is 50.9 Å². The number of carbonyl (C=O) groups is 1. The van der Waals surface area contributed by atoms with Gasteiger partial charge in [0.25, 0.3) is 0 Å². The van der Waals surface area contributed by atoms with E-state index in [0.717, 1.165) is 24.8 Å². The summed E-state index contributed by atoms with van der Waals surface area (Å²) in [5, 5.41) is 3.22. The molecule has 37 heavy (non-hydrogen) atoms. The summed E-state index contributed by atoms with van der Waals surface area (Å²) in [5.74, 6) is 0. The zero-order valence-electron chi connectivity index (χ0n) is 21.1. The van der Waals surface area contributed by atoms with Gasteiger partial charge in [0.2, 0.25) is 0 Å². The summed E-state index contributed by atoms with van der Waals surface area (Å²) in [4.78, 5) is 15.6. The van der Waals surface area contributed by atoms with Crippen molar-refractivity contribution in [2.75, 3.05) is 4.90 Å². The molecule has 1 amide bonds. The normalized spacial score (nSPS) is 20.1. The summed E-state index contributed by atoms with van der Waals surface area (Å²) in [6, 6.07) is 36.4. The highest BCUT2D eigenvalue weighted by Gasteiger charge is 2.41. The minimum Gasteiger partial charge on any atom is -0.445 e. The third-order valence-electron chi connectivity index (χ3n) is 7.75.